The molecule has 0 saturated heterocycles. The molecule has 1 aromatic carbocycles. The number of hydrogen-bond donors (Lipinski definition) is 2. The van der Waals surface area contributed by atoms with Crippen molar-refractivity contribution in [2.45, 2.75) is 13.3 Å². The van der Waals surface area contributed by atoms with E-state index in [-0.39, 0.29) is 0 Å². The molecule has 0 unspecified atom stereocenters. The summed E-state index contributed by atoms with van der Waals surface area (Å²) in [6.07, 6.45) is 0.862. The molecule has 0 bridgehead atoms. The molecule has 6 nitrogen and oxygen atoms in total. The lowest BCUT2D eigenvalue weighted by Gasteiger charge is -2.06. The molecule has 7 heteroatoms. The van der Waals surface area contributed by atoms with E-state index in [1.807, 2.05) is 19.1 Å². The number of amides is 1. The third kappa shape index (κ3) is 5.52. The maximum Gasteiger partial charge on any atom is 0.318 e. The molecule has 104 valence electrons. The SMILES string of the molecule is CCc1ccc(NC(=O)CS(=O)(=O)CC(=O)O)cc1. The zero-order valence-electron chi connectivity index (χ0n) is 10.4. The number of carbonyl (C=O) groups is 2. The van der Waals surface area contributed by atoms with E-state index in [1.165, 1.54) is 0 Å². The molecule has 2 N–H and O–H groups in total. The van der Waals surface area contributed by atoms with Crippen LogP contribution in [-0.4, -0.2) is 36.9 Å². The average Bonchev–Trinajstić information content (AvgIpc) is 2.27. The van der Waals surface area contributed by atoms with Crippen LogP contribution in [0.5, 0.6) is 0 Å². The number of aryl methyl sites for hydroxylation is 1. The molecule has 0 aliphatic rings. The minimum atomic E-state index is -3.92. The number of hydrogen-bond acceptors (Lipinski definition) is 4. The van der Waals surface area contributed by atoms with Crippen molar-refractivity contribution in [3.63, 3.8) is 0 Å². The van der Waals surface area contributed by atoms with Gasteiger partial charge < -0.3 is 10.4 Å². The number of aliphatic carboxylic acids is 1. The Balaban J connectivity index is 2.62. The predicted octanol–water partition coefficient (Wildman–Crippen LogP) is 0.687. The van der Waals surface area contributed by atoms with E-state index in [1.54, 1.807) is 12.1 Å². The summed E-state index contributed by atoms with van der Waals surface area (Å²) in [5.74, 6) is -4.10. The first-order chi connectivity index (χ1) is 8.82. The highest BCUT2D eigenvalue weighted by molar-refractivity contribution is 7.92. The van der Waals surface area contributed by atoms with Crippen LogP contribution in [0.25, 0.3) is 0 Å². The standard InChI is InChI=1S/C12H15NO5S/c1-2-9-3-5-10(6-4-9)13-11(14)7-19(17,18)8-12(15)16/h3-6H,2,7-8H2,1H3,(H,13,14)(H,15,16). The van der Waals surface area contributed by atoms with Gasteiger partial charge in [0.1, 0.15) is 11.5 Å². The Morgan fingerprint density at radius 2 is 1.74 bits per heavy atom. The average molecular weight is 285 g/mol. The summed E-state index contributed by atoms with van der Waals surface area (Å²) in [7, 11) is -3.92. The van der Waals surface area contributed by atoms with Crippen LogP contribution in [-0.2, 0) is 25.8 Å². The summed E-state index contributed by atoms with van der Waals surface area (Å²) < 4.78 is 22.6. The van der Waals surface area contributed by atoms with Gasteiger partial charge in [-0.1, -0.05) is 19.1 Å². The highest BCUT2D eigenvalue weighted by Gasteiger charge is 2.20. The van der Waals surface area contributed by atoms with Crippen molar-refractivity contribution in [2.75, 3.05) is 16.8 Å². The lowest BCUT2D eigenvalue weighted by Crippen LogP contribution is -2.27. The van der Waals surface area contributed by atoms with Gasteiger partial charge in [0.15, 0.2) is 9.84 Å². The molecule has 0 aliphatic carbocycles. The molecule has 1 amide bonds. The van der Waals surface area contributed by atoms with E-state index in [9.17, 15) is 18.0 Å². The second-order valence-corrected chi connectivity index (χ2v) is 6.09. The van der Waals surface area contributed by atoms with Crippen molar-refractivity contribution in [3.05, 3.63) is 29.8 Å². The minimum absolute atomic E-state index is 0.479. The van der Waals surface area contributed by atoms with E-state index in [0.717, 1.165) is 12.0 Å². The molecule has 1 rings (SSSR count). The molecule has 1 aromatic rings. The van der Waals surface area contributed by atoms with E-state index >= 15 is 0 Å². The Kier molecular flexibility index (Phi) is 5.05. The van der Waals surface area contributed by atoms with Crippen LogP contribution >= 0.6 is 0 Å². The van der Waals surface area contributed by atoms with Crippen LogP contribution in [0.3, 0.4) is 0 Å². The van der Waals surface area contributed by atoms with Crippen LogP contribution in [0.1, 0.15) is 12.5 Å². The maximum atomic E-state index is 11.5. The summed E-state index contributed by atoms with van der Waals surface area (Å²) >= 11 is 0. The van der Waals surface area contributed by atoms with Gasteiger partial charge in [0.05, 0.1) is 0 Å². The molecule has 0 saturated carbocycles. The van der Waals surface area contributed by atoms with Crippen LogP contribution in [0.4, 0.5) is 5.69 Å². The van der Waals surface area contributed by atoms with Crippen molar-refractivity contribution < 1.29 is 23.1 Å². The van der Waals surface area contributed by atoms with Gasteiger partial charge in [-0.3, -0.25) is 9.59 Å². The Labute approximate surface area is 111 Å². The van der Waals surface area contributed by atoms with Gasteiger partial charge >= 0.3 is 5.97 Å². The van der Waals surface area contributed by atoms with Gasteiger partial charge in [-0.15, -0.1) is 0 Å². The number of rotatable bonds is 6. The third-order valence-electron chi connectivity index (χ3n) is 2.34. The van der Waals surface area contributed by atoms with Crippen molar-refractivity contribution in [1.82, 2.24) is 0 Å². The molecule has 0 aromatic heterocycles. The van der Waals surface area contributed by atoms with Gasteiger partial charge in [-0.25, -0.2) is 8.42 Å². The Morgan fingerprint density at radius 3 is 2.21 bits per heavy atom. The Morgan fingerprint density at radius 1 is 1.16 bits per heavy atom. The number of carboxylic acid groups (broad SMARTS) is 1. The number of carboxylic acids is 1. The van der Waals surface area contributed by atoms with Crippen molar-refractivity contribution in [1.29, 1.82) is 0 Å². The number of sulfone groups is 1. The zero-order chi connectivity index (χ0) is 14.5. The van der Waals surface area contributed by atoms with Crippen molar-refractivity contribution in [3.8, 4) is 0 Å². The molecule has 0 heterocycles. The maximum absolute atomic E-state index is 11.5. The fourth-order valence-electron chi connectivity index (χ4n) is 1.46. The molecule has 0 radical (unpaired) electrons. The van der Waals surface area contributed by atoms with Crippen LogP contribution in [0, 0.1) is 0 Å². The number of benzene rings is 1. The number of nitrogens with one attached hydrogen (secondary N) is 1. The first-order valence-electron chi connectivity index (χ1n) is 5.63. The zero-order valence-corrected chi connectivity index (χ0v) is 11.2. The van der Waals surface area contributed by atoms with Crippen LogP contribution in [0.2, 0.25) is 0 Å². The first kappa shape index (κ1) is 15.2. The quantitative estimate of drug-likeness (QED) is 0.800. The molecule has 0 aliphatic heterocycles. The van der Waals surface area contributed by atoms with Crippen LogP contribution in [0.15, 0.2) is 24.3 Å². The molecule has 19 heavy (non-hydrogen) atoms. The minimum Gasteiger partial charge on any atom is -0.480 e. The summed E-state index contributed by atoms with van der Waals surface area (Å²) in [5, 5.41) is 10.8. The van der Waals surface area contributed by atoms with Gasteiger partial charge in [0, 0.05) is 5.69 Å². The fourth-order valence-corrected chi connectivity index (χ4v) is 2.41. The molecular formula is C12H15NO5S. The molecule has 0 spiro atoms. The van der Waals surface area contributed by atoms with E-state index in [0.29, 0.717) is 5.69 Å². The lowest BCUT2D eigenvalue weighted by atomic mass is 10.1. The number of anilines is 1. The third-order valence-corrected chi connectivity index (χ3v) is 3.73. The second-order valence-electron chi connectivity index (χ2n) is 4.02. The second kappa shape index (κ2) is 6.33. The lowest BCUT2D eigenvalue weighted by molar-refractivity contribution is -0.134. The first-order valence-corrected chi connectivity index (χ1v) is 7.45. The summed E-state index contributed by atoms with van der Waals surface area (Å²) in [5.41, 5.74) is 1.57. The van der Waals surface area contributed by atoms with Gasteiger partial charge in [0.25, 0.3) is 0 Å². The van der Waals surface area contributed by atoms with Gasteiger partial charge in [-0.05, 0) is 24.1 Å². The van der Waals surface area contributed by atoms with E-state index < -0.39 is 33.2 Å². The highest BCUT2D eigenvalue weighted by atomic mass is 32.2. The molecular weight excluding hydrogens is 270 g/mol. The highest BCUT2D eigenvalue weighted by Crippen LogP contribution is 2.10. The normalized spacial score (nSPS) is 11.0. The van der Waals surface area contributed by atoms with Gasteiger partial charge in [-0.2, -0.15) is 0 Å². The molecule has 0 fully saturated rings. The summed E-state index contributed by atoms with van der Waals surface area (Å²) in [6, 6.07) is 6.98. The monoisotopic (exact) mass is 285 g/mol. The largest absolute Gasteiger partial charge is 0.480 e. The van der Waals surface area contributed by atoms with Crippen molar-refractivity contribution in [2.24, 2.45) is 0 Å². The van der Waals surface area contributed by atoms with Gasteiger partial charge in [0.2, 0.25) is 5.91 Å². The van der Waals surface area contributed by atoms with Crippen molar-refractivity contribution >= 4 is 27.4 Å². The fraction of sp³-hybridized carbons (Fsp3) is 0.333. The van der Waals surface area contributed by atoms with E-state index in [4.69, 9.17) is 5.11 Å². The topological polar surface area (TPSA) is 101 Å². The smallest absolute Gasteiger partial charge is 0.318 e. The summed E-state index contributed by atoms with van der Waals surface area (Å²) in [4.78, 5) is 21.8. The predicted molar refractivity (Wildman–Crippen MR) is 70.7 cm³/mol. The Bertz CT molecular complexity index is 562. The number of carbonyl (C=O) groups excluding carboxylic acids is 1. The molecule has 0 atom stereocenters. The van der Waals surface area contributed by atoms with Crippen LogP contribution < -0.4 is 5.32 Å². The van der Waals surface area contributed by atoms with E-state index in [2.05, 4.69) is 5.32 Å². The Hall–Kier alpha value is -1.89. The summed E-state index contributed by atoms with van der Waals surface area (Å²) in [6.45, 7) is 1.99.